The van der Waals surface area contributed by atoms with Gasteiger partial charge in [0.05, 0.1) is 17.1 Å². The first-order chi connectivity index (χ1) is 16.1. The Morgan fingerprint density at radius 2 is 1.45 bits per heavy atom. The zero-order valence-electron chi connectivity index (χ0n) is 18.3. The van der Waals surface area contributed by atoms with E-state index >= 15 is 0 Å². The van der Waals surface area contributed by atoms with Crippen molar-refractivity contribution in [2.75, 3.05) is 5.32 Å². The number of carbonyl (C=O) groups is 1. The van der Waals surface area contributed by atoms with Crippen molar-refractivity contribution in [3.8, 4) is 11.4 Å². The number of benzene rings is 3. The quantitative estimate of drug-likeness (QED) is 0.394. The molecule has 5 aromatic rings. The second-order valence-corrected chi connectivity index (χ2v) is 7.97. The number of anilines is 1. The number of H-pyrrole nitrogens is 1. The van der Waals surface area contributed by atoms with E-state index in [4.69, 9.17) is 0 Å². The van der Waals surface area contributed by atoms with Gasteiger partial charge in [0.25, 0.3) is 5.56 Å². The van der Waals surface area contributed by atoms with Crippen molar-refractivity contribution in [1.29, 1.82) is 0 Å². The van der Waals surface area contributed by atoms with Gasteiger partial charge in [0.15, 0.2) is 0 Å². The number of carbonyl (C=O) groups excluding carboxylic acids is 1. The van der Waals surface area contributed by atoms with Crippen LogP contribution in [0.5, 0.6) is 0 Å². The number of aromatic amines is 1. The largest absolute Gasteiger partial charge is 0.361 e. The van der Waals surface area contributed by atoms with E-state index in [2.05, 4.69) is 10.3 Å². The molecule has 0 aliphatic rings. The summed E-state index contributed by atoms with van der Waals surface area (Å²) in [6, 6.07) is 27.1. The molecular weight excluding hydrogens is 412 g/mol. The summed E-state index contributed by atoms with van der Waals surface area (Å²) >= 11 is 0. The molecule has 0 bridgehead atoms. The van der Waals surface area contributed by atoms with Crippen LogP contribution in [0.1, 0.15) is 17.7 Å². The normalized spacial score (nSPS) is 11.1. The van der Waals surface area contributed by atoms with Gasteiger partial charge >= 0.3 is 0 Å². The van der Waals surface area contributed by atoms with E-state index in [0.29, 0.717) is 17.8 Å². The minimum atomic E-state index is -0.261. The molecule has 0 saturated carbocycles. The van der Waals surface area contributed by atoms with Crippen LogP contribution >= 0.6 is 0 Å². The Morgan fingerprint density at radius 1 is 0.848 bits per heavy atom. The van der Waals surface area contributed by atoms with Gasteiger partial charge in [0.2, 0.25) is 5.91 Å². The molecule has 6 nitrogen and oxygen atoms in total. The lowest BCUT2D eigenvalue weighted by Gasteiger charge is -2.13. The molecule has 0 radical (unpaired) electrons. The number of rotatable bonds is 6. The van der Waals surface area contributed by atoms with Crippen molar-refractivity contribution in [1.82, 2.24) is 14.3 Å². The first-order valence-corrected chi connectivity index (χ1v) is 10.9. The molecule has 0 saturated heterocycles. The smallest absolute Gasteiger partial charge is 0.295 e. The van der Waals surface area contributed by atoms with Crippen LogP contribution in [-0.2, 0) is 11.2 Å². The van der Waals surface area contributed by atoms with Gasteiger partial charge in [-0.3, -0.25) is 9.59 Å². The highest BCUT2D eigenvalue weighted by atomic mass is 16.2. The first kappa shape index (κ1) is 20.6. The van der Waals surface area contributed by atoms with E-state index in [1.54, 1.807) is 4.68 Å². The monoisotopic (exact) mass is 436 g/mol. The number of nitrogens with one attached hydrogen (secondary N) is 2. The van der Waals surface area contributed by atoms with Gasteiger partial charge < -0.3 is 10.3 Å². The minimum Gasteiger partial charge on any atom is -0.361 e. The molecule has 0 spiro atoms. The summed E-state index contributed by atoms with van der Waals surface area (Å²) in [5.41, 5.74) is 4.42. The predicted octanol–water partition coefficient (Wildman–Crippen LogP) is 4.99. The maximum Gasteiger partial charge on any atom is 0.295 e. The highest BCUT2D eigenvalue weighted by Crippen LogP contribution is 2.22. The third-order valence-corrected chi connectivity index (χ3v) is 5.85. The van der Waals surface area contributed by atoms with E-state index in [1.165, 1.54) is 0 Å². The van der Waals surface area contributed by atoms with E-state index in [0.717, 1.165) is 27.8 Å². The first-order valence-electron chi connectivity index (χ1n) is 10.9. The average Bonchev–Trinajstić information content (AvgIpc) is 3.38. The minimum absolute atomic E-state index is 0.189. The summed E-state index contributed by atoms with van der Waals surface area (Å²) in [4.78, 5) is 29.6. The number of hydrogen-bond acceptors (Lipinski definition) is 2. The molecule has 0 aliphatic carbocycles. The topological polar surface area (TPSA) is 71.8 Å². The molecule has 6 heteroatoms. The molecule has 1 amide bonds. The lowest BCUT2D eigenvalue weighted by atomic mass is 10.1. The van der Waals surface area contributed by atoms with Gasteiger partial charge in [-0.25, -0.2) is 9.36 Å². The third kappa shape index (κ3) is 3.87. The summed E-state index contributed by atoms with van der Waals surface area (Å²) in [5.74, 6) is -0.189. The van der Waals surface area contributed by atoms with Gasteiger partial charge in [0.1, 0.15) is 5.69 Å². The zero-order chi connectivity index (χ0) is 22.8. The number of fused-ring (bicyclic) bond motifs is 1. The number of nitrogens with zero attached hydrogens (tertiary/aromatic N) is 2. The van der Waals surface area contributed by atoms with Gasteiger partial charge in [-0.1, -0.05) is 54.6 Å². The van der Waals surface area contributed by atoms with Gasteiger partial charge in [-0.05, 0) is 49.2 Å². The fourth-order valence-corrected chi connectivity index (χ4v) is 4.22. The SMILES string of the molecule is Cc1c(NC(=O)CCc2c[nH]c3ccccc23)c(=O)n(-c2ccccc2)n1-c1ccccc1. The molecule has 3 aromatic carbocycles. The molecule has 33 heavy (non-hydrogen) atoms. The van der Waals surface area contributed by atoms with Crippen LogP contribution in [0.3, 0.4) is 0 Å². The number of aryl methyl sites for hydroxylation is 1. The van der Waals surface area contributed by atoms with E-state index in [-0.39, 0.29) is 17.9 Å². The zero-order valence-corrected chi connectivity index (χ0v) is 18.3. The van der Waals surface area contributed by atoms with Crippen LogP contribution in [-0.4, -0.2) is 20.3 Å². The van der Waals surface area contributed by atoms with E-state index < -0.39 is 0 Å². The van der Waals surface area contributed by atoms with Gasteiger partial charge in [-0.2, -0.15) is 0 Å². The maximum atomic E-state index is 13.4. The third-order valence-electron chi connectivity index (χ3n) is 5.85. The lowest BCUT2D eigenvalue weighted by Crippen LogP contribution is -2.23. The van der Waals surface area contributed by atoms with Crippen molar-refractivity contribution < 1.29 is 4.79 Å². The Morgan fingerprint density at radius 3 is 2.15 bits per heavy atom. The summed E-state index contributed by atoms with van der Waals surface area (Å²) in [5, 5.41) is 4.00. The van der Waals surface area contributed by atoms with Crippen LogP contribution < -0.4 is 10.9 Å². The van der Waals surface area contributed by atoms with Crippen LogP contribution in [0, 0.1) is 6.92 Å². The highest BCUT2D eigenvalue weighted by Gasteiger charge is 2.21. The van der Waals surface area contributed by atoms with Crippen LogP contribution in [0.4, 0.5) is 5.69 Å². The molecule has 164 valence electrons. The maximum absolute atomic E-state index is 13.4. The van der Waals surface area contributed by atoms with E-state index in [9.17, 15) is 9.59 Å². The lowest BCUT2D eigenvalue weighted by molar-refractivity contribution is -0.116. The van der Waals surface area contributed by atoms with Crippen molar-refractivity contribution >= 4 is 22.5 Å². The molecule has 0 atom stereocenters. The van der Waals surface area contributed by atoms with Crippen molar-refractivity contribution in [3.63, 3.8) is 0 Å². The molecule has 0 fully saturated rings. The number of amides is 1. The standard InChI is InChI=1S/C27H24N4O2/c1-19-26(29-25(32)17-16-20-18-28-24-15-9-8-14-23(20)24)27(33)31(22-12-6-3-7-13-22)30(19)21-10-4-2-5-11-21/h2-15,18,28H,16-17H2,1H3,(H,29,32). The fraction of sp³-hybridized carbons (Fsp3) is 0.111. The Hall–Kier alpha value is -4.32. The summed E-state index contributed by atoms with van der Waals surface area (Å²) in [6.07, 6.45) is 2.81. The summed E-state index contributed by atoms with van der Waals surface area (Å²) in [6.45, 7) is 1.85. The number of aromatic nitrogens is 3. The molecule has 2 aromatic heterocycles. The fourth-order valence-electron chi connectivity index (χ4n) is 4.22. The molecule has 2 N–H and O–H groups in total. The highest BCUT2D eigenvalue weighted by molar-refractivity contribution is 5.92. The van der Waals surface area contributed by atoms with Crippen molar-refractivity contribution in [2.45, 2.75) is 19.8 Å². The summed E-state index contributed by atoms with van der Waals surface area (Å²) in [7, 11) is 0. The predicted molar refractivity (Wildman–Crippen MR) is 131 cm³/mol. The van der Waals surface area contributed by atoms with Crippen LogP contribution in [0.2, 0.25) is 0 Å². The van der Waals surface area contributed by atoms with E-state index in [1.807, 2.05) is 103 Å². The Bertz CT molecular complexity index is 1480. The van der Waals surface area contributed by atoms with Gasteiger partial charge in [0, 0.05) is 23.5 Å². The molecule has 0 aliphatic heterocycles. The second-order valence-electron chi connectivity index (χ2n) is 7.97. The number of hydrogen-bond donors (Lipinski definition) is 2. The van der Waals surface area contributed by atoms with Crippen LogP contribution in [0.15, 0.2) is 95.9 Å². The molecule has 2 heterocycles. The van der Waals surface area contributed by atoms with Crippen LogP contribution in [0.25, 0.3) is 22.3 Å². The summed E-state index contributed by atoms with van der Waals surface area (Å²) < 4.78 is 3.44. The Kier molecular flexibility index (Phi) is 5.40. The van der Waals surface area contributed by atoms with Crippen molar-refractivity contribution in [3.05, 3.63) is 113 Å². The molecular formula is C27H24N4O2. The second kappa shape index (κ2) is 8.67. The Balaban J connectivity index is 1.46. The molecule has 5 rings (SSSR count). The Labute approximate surface area is 191 Å². The average molecular weight is 437 g/mol. The number of para-hydroxylation sites is 3. The molecule has 0 unspecified atom stereocenters. The van der Waals surface area contributed by atoms with Crippen molar-refractivity contribution in [2.24, 2.45) is 0 Å². The van der Waals surface area contributed by atoms with Gasteiger partial charge in [-0.15, -0.1) is 0 Å².